The molecule has 5 nitrogen and oxygen atoms in total. The van der Waals surface area contributed by atoms with Crippen LogP contribution in [0.5, 0.6) is 0 Å². The number of carbonyl (C=O) groups excluding carboxylic acids is 3. The van der Waals surface area contributed by atoms with Gasteiger partial charge < -0.3 is 5.32 Å². The first-order valence-electron chi connectivity index (χ1n) is 5.97. The Hall–Kier alpha value is -1.91. The van der Waals surface area contributed by atoms with Gasteiger partial charge in [0, 0.05) is 6.42 Å². The van der Waals surface area contributed by atoms with Crippen LogP contribution >= 0.6 is 0 Å². The van der Waals surface area contributed by atoms with Crippen molar-refractivity contribution in [1.29, 1.82) is 0 Å². The topological polar surface area (TPSA) is 75.3 Å². The fourth-order valence-electron chi connectivity index (χ4n) is 1.73. The molecule has 0 aliphatic carbocycles. The summed E-state index contributed by atoms with van der Waals surface area (Å²) in [5, 5.41) is 4.84. The number of nitrogens with one attached hydrogen (secondary N) is 2. The fourth-order valence-corrected chi connectivity index (χ4v) is 1.73. The van der Waals surface area contributed by atoms with E-state index < -0.39 is 11.9 Å². The van der Waals surface area contributed by atoms with Gasteiger partial charge >= 0.3 is 0 Å². The Morgan fingerprint density at radius 2 is 2.17 bits per heavy atom. The van der Waals surface area contributed by atoms with E-state index in [0.29, 0.717) is 6.42 Å². The zero-order chi connectivity index (χ0) is 13.5. The molecule has 2 N–H and O–H groups in total. The minimum absolute atomic E-state index is 0.212. The molecule has 98 valence electrons. The van der Waals surface area contributed by atoms with Crippen LogP contribution in [0.25, 0.3) is 0 Å². The lowest BCUT2D eigenvalue weighted by Crippen LogP contribution is -2.52. The summed E-state index contributed by atoms with van der Waals surface area (Å²) < 4.78 is 0. The van der Waals surface area contributed by atoms with E-state index in [1.807, 2.05) is 32.1 Å². The van der Waals surface area contributed by atoms with Crippen molar-refractivity contribution in [1.82, 2.24) is 10.6 Å². The van der Waals surface area contributed by atoms with Crippen LogP contribution in [0.4, 0.5) is 0 Å². The van der Waals surface area contributed by atoms with Crippen molar-refractivity contribution in [2.24, 2.45) is 0 Å². The standard InChI is InChI=1S/C13H18N2O3/c1-3-5-9(4-2)8-12(17)14-10-6-7-11(16)15-13(10)18/h3-5,10H,6-8H2,1-2H3,(H,14,17)(H,15,16,18)/b5-3-,9-4+. The van der Waals surface area contributed by atoms with E-state index in [4.69, 9.17) is 0 Å². The van der Waals surface area contributed by atoms with Crippen LogP contribution in [0.15, 0.2) is 23.8 Å². The quantitative estimate of drug-likeness (QED) is 0.573. The molecule has 0 bridgehead atoms. The Morgan fingerprint density at radius 3 is 2.72 bits per heavy atom. The van der Waals surface area contributed by atoms with E-state index in [1.165, 1.54) is 0 Å². The third kappa shape index (κ3) is 4.16. The summed E-state index contributed by atoms with van der Waals surface area (Å²) in [6.45, 7) is 3.73. The highest BCUT2D eigenvalue weighted by Gasteiger charge is 2.27. The van der Waals surface area contributed by atoms with Gasteiger partial charge in [-0.2, -0.15) is 0 Å². The number of carbonyl (C=O) groups is 3. The van der Waals surface area contributed by atoms with Crippen LogP contribution < -0.4 is 10.6 Å². The van der Waals surface area contributed by atoms with Gasteiger partial charge in [-0.15, -0.1) is 0 Å². The molecule has 0 aromatic heterocycles. The second kappa shape index (κ2) is 6.74. The van der Waals surface area contributed by atoms with Crippen LogP contribution in [0.2, 0.25) is 0 Å². The Bertz CT molecular complexity index is 410. The van der Waals surface area contributed by atoms with Crippen LogP contribution in [-0.4, -0.2) is 23.8 Å². The Labute approximate surface area is 106 Å². The Kier molecular flexibility index (Phi) is 5.30. The highest BCUT2D eigenvalue weighted by Crippen LogP contribution is 2.07. The van der Waals surface area contributed by atoms with Crippen molar-refractivity contribution in [3.05, 3.63) is 23.8 Å². The molecule has 18 heavy (non-hydrogen) atoms. The molecule has 1 unspecified atom stereocenters. The number of rotatable bonds is 4. The first-order valence-corrected chi connectivity index (χ1v) is 5.97. The molecule has 0 spiro atoms. The van der Waals surface area contributed by atoms with Gasteiger partial charge in [-0.05, 0) is 25.8 Å². The lowest BCUT2D eigenvalue weighted by Gasteiger charge is -2.21. The first-order chi connectivity index (χ1) is 8.56. The molecular formula is C13H18N2O3. The molecule has 0 aromatic carbocycles. The molecule has 1 rings (SSSR count). The monoisotopic (exact) mass is 250 g/mol. The minimum atomic E-state index is -0.598. The minimum Gasteiger partial charge on any atom is -0.344 e. The van der Waals surface area contributed by atoms with E-state index in [2.05, 4.69) is 10.6 Å². The fraction of sp³-hybridized carbons (Fsp3) is 0.462. The van der Waals surface area contributed by atoms with Crippen molar-refractivity contribution < 1.29 is 14.4 Å². The zero-order valence-electron chi connectivity index (χ0n) is 10.7. The number of hydrogen-bond acceptors (Lipinski definition) is 3. The number of amides is 3. The maximum absolute atomic E-state index is 11.7. The summed E-state index contributed by atoms with van der Waals surface area (Å²) in [5.74, 6) is -0.920. The van der Waals surface area contributed by atoms with Gasteiger partial charge in [-0.3, -0.25) is 19.7 Å². The summed E-state index contributed by atoms with van der Waals surface area (Å²) >= 11 is 0. The highest BCUT2D eigenvalue weighted by atomic mass is 16.2. The second-order valence-corrected chi connectivity index (χ2v) is 4.11. The number of allylic oxidation sites excluding steroid dienone is 3. The van der Waals surface area contributed by atoms with Gasteiger partial charge in [0.05, 0.1) is 6.42 Å². The predicted octanol–water partition coefficient (Wildman–Crippen LogP) is 0.820. The summed E-state index contributed by atoms with van der Waals surface area (Å²) in [4.78, 5) is 34.1. The molecule has 1 aliphatic heterocycles. The van der Waals surface area contributed by atoms with E-state index in [1.54, 1.807) is 0 Å². The average Bonchev–Trinajstić information content (AvgIpc) is 2.32. The van der Waals surface area contributed by atoms with Gasteiger partial charge in [0.15, 0.2) is 0 Å². The molecular weight excluding hydrogens is 232 g/mol. The SMILES string of the molecule is C/C=C\C(=C/C)CC(=O)NC1CCC(=O)NC1=O. The normalized spacial score (nSPS) is 21.0. The maximum Gasteiger partial charge on any atom is 0.249 e. The molecule has 1 heterocycles. The van der Waals surface area contributed by atoms with Crippen molar-refractivity contribution in [3.8, 4) is 0 Å². The third-order valence-corrected chi connectivity index (χ3v) is 2.69. The van der Waals surface area contributed by atoms with Crippen molar-refractivity contribution in [2.45, 2.75) is 39.2 Å². The smallest absolute Gasteiger partial charge is 0.249 e. The summed E-state index contributed by atoms with van der Waals surface area (Å²) in [6, 6.07) is -0.598. The molecule has 1 fully saturated rings. The van der Waals surface area contributed by atoms with Crippen molar-refractivity contribution in [3.63, 3.8) is 0 Å². The van der Waals surface area contributed by atoms with Gasteiger partial charge in [0.25, 0.3) is 0 Å². The summed E-state index contributed by atoms with van der Waals surface area (Å²) in [6.07, 6.45) is 6.43. The second-order valence-electron chi connectivity index (χ2n) is 4.11. The Balaban J connectivity index is 2.50. The molecule has 0 saturated carbocycles. The predicted molar refractivity (Wildman–Crippen MR) is 67.5 cm³/mol. The van der Waals surface area contributed by atoms with Gasteiger partial charge in [-0.1, -0.05) is 18.2 Å². The van der Waals surface area contributed by atoms with Crippen LogP contribution in [0, 0.1) is 0 Å². The lowest BCUT2D eigenvalue weighted by atomic mass is 10.1. The number of piperidine rings is 1. The molecule has 1 aliphatic rings. The number of hydrogen-bond donors (Lipinski definition) is 2. The summed E-state index contributed by atoms with van der Waals surface area (Å²) in [7, 11) is 0. The molecule has 1 saturated heterocycles. The van der Waals surface area contributed by atoms with Gasteiger partial charge in [0.2, 0.25) is 17.7 Å². The maximum atomic E-state index is 11.7. The lowest BCUT2D eigenvalue weighted by molar-refractivity contribution is -0.137. The van der Waals surface area contributed by atoms with Gasteiger partial charge in [-0.25, -0.2) is 0 Å². The molecule has 1 atom stereocenters. The Morgan fingerprint density at radius 1 is 1.44 bits per heavy atom. The van der Waals surface area contributed by atoms with Crippen molar-refractivity contribution >= 4 is 17.7 Å². The van der Waals surface area contributed by atoms with Gasteiger partial charge in [0.1, 0.15) is 6.04 Å². The van der Waals surface area contributed by atoms with E-state index in [9.17, 15) is 14.4 Å². The molecule has 3 amide bonds. The van der Waals surface area contributed by atoms with E-state index >= 15 is 0 Å². The first kappa shape index (κ1) is 14.2. The summed E-state index contributed by atoms with van der Waals surface area (Å²) in [5.41, 5.74) is 0.891. The highest BCUT2D eigenvalue weighted by molar-refractivity contribution is 6.01. The van der Waals surface area contributed by atoms with Crippen LogP contribution in [0.3, 0.4) is 0 Å². The van der Waals surface area contributed by atoms with Crippen molar-refractivity contribution in [2.75, 3.05) is 0 Å². The van der Waals surface area contributed by atoms with E-state index in [0.717, 1.165) is 5.57 Å². The van der Waals surface area contributed by atoms with Crippen LogP contribution in [0.1, 0.15) is 33.1 Å². The van der Waals surface area contributed by atoms with Crippen LogP contribution in [-0.2, 0) is 14.4 Å². The zero-order valence-corrected chi connectivity index (χ0v) is 10.7. The molecule has 0 aromatic rings. The molecule has 5 heteroatoms. The largest absolute Gasteiger partial charge is 0.344 e. The number of imide groups is 1. The average molecular weight is 250 g/mol. The third-order valence-electron chi connectivity index (χ3n) is 2.69. The van der Waals surface area contributed by atoms with E-state index in [-0.39, 0.29) is 24.7 Å². The molecule has 0 radical (unpaired) electrons.